The van der Waals surface area contributed by atoms with Crippen LogP contribution in [-0.4, -0.2) is 47.3 Å². The van der Waals surface area contributed by atoms with E-state index in [1.807, 2.05) is 0 Å². The monoisotopic (exact) mass is 489 g/mol. The van der Waals surface area contributed by atoms with Crippen LogP contribution in [0, 0.1) is 11.7 Å². The van der Waals surface area contributed by atoms with Gasteiger partial charge in [0.1, 0.15) is 11.9 Å². The largest absolute Gasteiger partial charge is 0.480 e. The molecular formula is C25H29ClFN3O4. The van der Waals surface area contributed by atoms with Crippen molar-refractivity contribution in [2.24, 2.45) is 5.92 Å². The number of aromatic nitrogens is 1. The van der Waals surface area contributed by atoms with E-state index in [0.717, 1.165) is 56.6 Å². The highest BCUT2D eigenvalue weighted by Gasteiger charge is 2.30. The first-order valence-electron chi connectivity index (χ1n) is 11.7. The molecule has 1 aliphatic heterocycles. The molecular weight excluding hydrogens is 461 g/mol. The summed E-state index contributed by atoms with van der Waals surface area (Å²) >= 11 is 5.70. The van der Waals surface area contributed by atoms with Crippen molar-refractivity contribution >= 4 is 29.3 Å². The van der Waals surface area contributed by atoms with Gasteiger partial charge in [-0.1, -0.05) is 23.7 Å². The van der Waals surface area contributed by atoms with Crippen molar-refractivity contribution in [3.05, 3.63) is 58.0 Å². The zero-order valence-electron chi connectivity index (χ0n) is 18.9. The third-order valence-electron chi connectivity index (χ3n) is 6.51. The molecule has 1 atom stereocenters. The van der Waals surface area contributed by atoms with Crippen LogP contribution in [0.1, 0.15) is 53.7 Å². The van der Waals surface area contributed by atoms with Crippen molar-refractivity contribution < 1.29 is 23.8 Å². The van der Waals surface area contributed by atoms with E-state index in [1.54, 1.807) is 0 Å². The first-order valence-corrected chi connectivity index (χ1v) is 12.1. The van der Waals surface area contributed by atoms with Gasteiger partial charge < -0.3 is 20.5 Å². The summed E-state index contributed by atoms with van der Waals surface area (Å²) in [6, 6.07) is 7.14. The molecule has 1 saturated carbocycles. The Labute approximate surface area is 203 Å². The van der Waals surface area contributed by atoms with Crippen LogP contribution in [0.4, 0.5) is 10.2 Å². The Morgan fingerprint density at radius 2 is 2.12 bits per heavy atom. The fourth-order valence-electron chi connectivity index (χ4n) is 4.43. The minimum atomic E-state index is -1.20. The normalized spacial score (nSPS) is 19.9. The molecule has 0 spiro atoms. The summed E-state index contributed by atoms with van der Waals surface area (Å²) in [5.41, 5.74) is 2.11. The Morgan fingerprint density at radius 1 is 1.29 bits per heavy atom. The van der Waals surface area contributed by atoms with E-state index < -0.39 is 23.7 Å². The number of amides is 1. The third-order valence-corrected chi connectivity index (χ3v) is 6.80. The van der Waals surface area contributed by atoms with Gasteiger partial charge in [-0.25, -0.2) is 14.2 Å². The molecule has 3 N–H and O–H groups in total. The number of nitrogens with zero attached hydrogens (tertiary/aromatic N) is 1. The quantitative estimate of drug-likeness (QED) is 0.461. The molecule has 1 aromatic heterocycles. The van der Waals surface area contributed by atoms with Crippen LogP contribution in [-0.2, 0) is 22.4 Å². The lowest BCUT2D eigenvalue weighted by molar-refractivity contribution is -0.140. The number of rotatable bonds is 10. The fraction of sp³-hybridized carbons (Fsp3) is 0.480. The van der Waals surface area contributed by atoms with Gasteiger partial charge in [0, 0.05) is 25.3 Å². The van der Waals surface area contributed by atoms with E-state index in [4.69, 9.17) is 21.3 Å². The maximum Gasteiger partial charge on any atom is 0.326 e. The highest BCUT2D eigenvalue weighted by molar-refractivity contribution is 6.31. The molecule has 34 heavy (non-hydrogen) atoms. The van der Waals surface area contributed by atoms with Crippen LogP contribution in [0.3, 0.4) is 0 Å². The predicted octanol–water partition coefficient (Wildman–Crippen LogP) is 4.23. The van der Waals surface area contributed by atoms with Crippen molar-refractivity contribution in [3.8, 4) is 0 Å². The summed E-state index contributed by atoms with van der Waals surface area (Å²) in [6.07, 6.45) is 6.26. The maximum atomic E-state index is 14.0. The van der Waals surface area contributed by atoms with Crippen LogP contribution in [0.2, 0.25) is 5.02 Å². The number of fused-ring (bicyclic) bond motifs is 1. The SMILES string of the molecule is O=C(NC(CCOC1CC(CCc2ccc3c(n2)NCCC3)C1)C(=O)O)c1cccc(Cl)c1F. The van der Waals surface area contributed by atoms with Crippen LogP contribution in [0.15, 0.2) is 30.3 Å². The molecule has 0 bridgehead atoms. The predicted molar refractivity (Wildman–Crippen MR) is 127 cm³/mol. The van der Waals surface area contributed by atoms with E-state index in [9.17, 15) is 19.1 Å². The second-order valence-electron chi connectivity index (χ2n) is 8.96. The lowest BCUT2D eigenvalue weighted by Crippen LogP contribution is -2.42. The van der Waals surface area contributed by atoms with Crippen LogP contribution >= 0.6 is 11.6 Å². The van der Waals surface area contributed by atoms with E-state index in [1.165, 1.54) is 23.8 Å². The zero-order chi connectivity index (χ0) is 24.1. The average molecular weight is 490 g/mol. The molecule has 1 unspecified atom stereocenters. The molecule has 2 heterocycles. The highest BCUT2D eigenvalue weighted by atomic mass is 35.5. The standard InChI is InChI=1S/C25H29ClFN3O4/c26-20-5-1-4-19(22(20)27)24(31)30-21(25(32)33)10-12-34-18-13-15(14-18)6-8-17-9-7-16-3-2-11-28-23(16)29-17/h1,4-5,7,9,15,18,21H,2-3,6,8,10-14H2,(H,28,29)(H,30,31)(H,32,33). The number of carboxylic acids is 1. The lowest BCUT2D eigenvalue weighted by Gasteiger charge is -2.35. The van der Waals surface area contributed by atoms with Gasteiger partial charge >= 0.3 is 5.97 Å². The number of halogens is 2. The molecule has 1 amide bonds. The Hall–Kier alpha value is -2.71. The summed E-state index contributed by atoms with van der Waals surface area (Å²) in [5.74, 6) is -1.29. The van der Waals surface area contributed by atoms with Gasteiger partial charge in [0.2, 0.25) is 0 Å². The summed E-state index contributed by atoms with van der Waals surface area (Å²) in [4.78, 5) is 28.6. The van der Waals surface area contributed by atoms with Gasteiger partial charge in [-0.3, -0.25) is 4.79 Å². The number of pyridine rings is 1. The lowest BCUT2D eigenvalue weighted by atomic mass is 9.79. The maximum absolute atomic E-state index is 14.0. The number of anilines is 1. The second-order valence-corrected chi connectivity index (χ2v) is 9.37. The topological polar surface area (TPSA) is 101 Å². The Kier molecular flexibility index (Phi) is 8.00. The third kappa shape index (κ3) is 6.04. The molecule has 1 fully saturated rings. The van der Waals surface area contributed by atoms with Crippen molar-refractivity contribution in [3.63, 3.8) is 0 Å². The van der Waals surface area contributed by atoms with Crippen molar-refractivity contribution in [2.75, 3.05) is 18.5 Å². The number of aliphatic carboxylic acids is 1. The van der Waals surface area contributed by atoms with Crippen molar-refractivity contribution in [1.29, 1.82) is 0 Å². The first kappa shape index (κ1) is 24.4. The van der Waals surface area contributed by atoms with E-state index >= 15 is 0 Å². The van der Waals surface area contributed by atoms with Gasteiger partial charge in [0.15, 0.2) is 5.82 Å². The molecule has 0 saturated heterocycles. The van der Waals surface area contributed by atoms with Crippen LogP contribution in [0.5, 0.6) is 0 Å². The molecule has 182 valence electrons. The summed E-state index contributed by atoms with van der Waals surface area (Å²) in [7, 11) is 0. The van der Waals surface area contributed by atoms with Crippen LogP contribution < -0.4 is 10.6 Å². The number of nitrogens with one attached hydrogen (secondary N) is 2. The number of carboxylic acid groups (broad SMARTS) is 1. The van der Waals surface area contributed by atoms with E-state index in [2.05, 4.69) is 22.8 Å². The Bertz CT molecular complexity index is 1040. The Balaban J connectivity index is 1.16. The molecule has 9 heteroatoms. The Morgan fingerprint density at radius 3 is 2.91 bits per heavy atom. The number of carbonyl (C=O) groups is 2. The number of carbonyl (C=O) groups excluding carboxylic acids is 1. The summed E-state index contributed by atoms with van der Waals surface area (Å²) < 4.78 is 19.8. The van der Waals surface area contributed by atoms with Gasteiger partial charge in [-0.05, 0) is 68.2 Å². The number of benzene rings is 1. The van der Waals surface area contributed by atoms with Gasteiger partial charge in [0.05, 0.1) is 16.7 Å². The molecule has 2 aromatic rings. The number of ether oxygens (including phenoxy) is 1. The fourth-order valence-corrected chi connectivity index (χ4v) is 4.61. The van der Waals surface area contributed by atoms with E-state index in [0.29, 0.717) is 5.92 Å². The molecule has 2 aliphatic rings. The highest BCUT2D eigenvalue weighted by Crippen LogP contribution is 2.34. The van der Waals surface area contributed by atoms with Gasteiger partial charge in [-0.2, -0.15) is 0 Å². The van der Waals surface area contributed by atoms with Gasteiger partial charge in [0.25, 0.3) is 5.91 Å². The average Bonchev–Trinajstić information content (AvgIpc) is 2.80. The number of hydrogen-bond acceptors (Lipinski definition) is 5. The first-order chi connectivity index (χ1) is 16.4. The molecule has 1 aromatic carbocycles. The summed E-state index contributed by atoms with van der Waals surface area (Å²) in [6.45, 7) is 1.18. The molecule has 1 aliphatic carbocycles. The molecule has 7 nitrogen and oxygen atoms in total. The van der Waals surface area contributed by atoms with Crippen LogP contribution in [0.25, 0.3) is 0 Å². The second kappa shape index (κ2) is 11.1. The van der Waals surface area contributed by atoms with Crippen molar-refractivity contribution in [2.45, 2.75) is 57.1 Å². The molecule has 0 radical (unpaired) electrons. The number of aryl methyl sites for hydroxylation is 2. The molecule has 4 rings (SSSR count). The minimum absolute atomic E-state index is 0.0937. The van der Waals surface area contributed by atoms with Gasteiger partial charge in [-0.15, -0.1) is 0 Å². The minimum Gasteiger partial charge on any atom is -0.480 e. The summed E-state index contributed by atoms with van der Waals surface area (Å²) in [5, 5.41) is 14.9. The van der Waals surface area contributed by atoms with E-state index in [-0.39, 0.29) is 29.7 Å². The smallest absolute Gasteiger partial charge is 0.326 e. The zero-order valence-corrected chi connectivity index (χ0v) is 19.6. The van der Waals surface area contributed by atoms with Crippen molar-refractivity contribution in [1.82, 2.24) is 10.3 Å². The number of hydrogen-bond donors (Lipinski definition) is 3.